The molecule has 0 saturated heterocycles. The summed E-state index contributed by atoms with van der Waals surface area (Å²) in [4.78, 5) is 26.6. The van der Waals surface area contributed by atoms with Crippen LogP contribution in [-0.2, 0) is 11.2 Å². The Morgan fingerprint density at radius 1 is 1.15 bits per heavy atom. The van der Waals surface area contributed by atoms with E-state index in [-0.39, 0.29) is 28.5 Å². The van der Waals surface area contributed by atoms with Crippen LogP contribution in [-0.4, -0.2) is 16.7 Å². The summed E-state index contributed by atoms with van der Waals surface area (Å²) in [7, 11) is 0. The Kier molecular flexibility index (Phi) is 6.05. The number of rotatable bonds is 4. The van der Waals surface area contributed by atoms with E-state index in [4.69, 9.17) is 5.73 Å². The van der Waals surface area contributed by atoms with Crippen LogP contribution in [0.5, 0.6) is 0 Å². The van der Waals surface area contributed by atoms with Gasteiger partial charge in [0.2, 0.25) is 0 Å². The number of hydrazine groups is 1. The number of nitrogens with zero attached hydrogens (tertiary/aromatic N) is 2. The molecule has 0 aromatic heterocycles. The second-order valence-electron chi connectivity index (χ2n) is 9.88. The highest BCUT2D eigenvalue weighted by molar-refractivity contribution is 6.01. The molecule has 34 heavy (non-hydrogen) atoms. The van der Waals surface area contributed by atoms with Crippen LogP contribution in [0.2, 0.25) is 0 Å². The van der Waals surface area contributed by atoms with Gasteiger partial charge in [-0.1, -0.05) is 62.7 Å². The Hall–Kier alpha value is -3.85. The van der Waals surface area contributed by atoms with Crippen molar-refractivity contribution in [3.05, 3.63) is 93.4 Å². The third kappa shape index (κ3) is 4.22. The van der Waals surface area contributed by atoms with Crippen molar-refractivity contribution in [2.75, 3.05) is 0 Å². The van der Waals surface area contributed by atoms with E-state index in [1.54, 1.807) is 12.1 Å². The Labute approximate surface area is 200 Å². The van der Waals surface area contributed by atoms with E-state index in [2.05, 4.69) is 18.4 Å². The van der Waals surface area contributed by atoms with Crippen LogP contribution >= 0.6 is 0 Å². The van der Waals surface area contributed by atoms with E-state index in [9.17, 15) is 14.9 Å². The van der Waals surface area contributed by atoms with E-state index in [1.165, 1.54) is 10.6 Å². The van der Waals surface area contributed by atoms with Crippen molar-refractivity contribution in [1.82, 2.24) is 10.4 Å². The third-order valence-electron chi connectivity index (χ3n) is 6.63. The molecule has 0 fully saturated rings. The molecule has 0 spiro atoms. The highest BCUT2D eigenvalue weighted by Gasteiger charge is 2.44. The van der Waals surface area contributed by atoms with Crippen LogP contribution in [0.1, 0.15) is 66.6 Å². The molecule has 0 radical (unpaired) electrons. The van der Waals surface area contributed by atoms with E-state index >= 15 is 0 Å². The van der Waals surface area contributed by atoms with Crippen LogP contribution in [0.25, 0.3) is 0 Å². The molecule has 174 valence electrons. The molecule has 1 atom stereocenters. The number of carbonyl (C=O) groups is 2. The summed E-state index contributed by atoms with van der Waals surface area (Å²) in [5.41, 5.74) is 14.1. The lowest BCUT2D eigenvalue weighted by Gasteiger charge is -2.43. The van der Waals surface area contributed by atoms with Crippen molar-refractivity contribution < 1.29 is 9.59 Å². The fourth-order valence-corrected chi connectivity index (χ4v) is 4.79. The zero-order valence-electron chi connectivity index (χ0n) is 20.1. The SMILES string of the molecule is CCc1ccc(C2C(C#N)=C(N)N(NC(=O)c3ccc(C)cc3)C3=C2C(=O)CC(C)(C)C3)cc1. The first kappa shape index (κ1) is 23.3. The minimum absolute atomic E-state index is 0.0225. The van der Waals surface area contributed by atoms with Crippen molar-refractivity contribution in [2.45, 2.75) is 52.9 Å². The number of aryl methyl sites for hydroxylation is 2. The Morgan fingerprint density at radius 2 is 1.79 bits per heavy atom. The number of hydrogen-bond acceptors (Lipinski definition) is 5. The predicted molar refractivity (Wildman–Crippen MR) is 131 cm³/mol. The summed E-state index contributed by atoms with van der Waals surface area (Å²) in [5.74, 6) is -0.780. The minimum atomic E-state index is -0.554. The summed E-state index contributed by atoms with van der Waals surface area (Å²) in [6, 6.07) is 17.4. The first-order valence-corrected chi connectivity index (χ1v) is 11.6. The first-order chi connectivity index (χ1) is 16.1. The molecular weight excluding hydrogens is 424 g/mol. The number of nitrogens with one attached hydrogen (secondary N) is 1. The van der Waals surface area contributed by atoms with Gasteiger partial charge in [-0.25, -0.2) is 5.01 Å². The molecule has 4 rings (SSSR count). The second kappa shape index (κ2) is 8.83. The molecule has 2 aromatic carbocycles. The number of carbonyl (C=O) groups excluding carboxylic acids is 2. The van der Waals surface area contributed by atoms with Gasteiger partial charge >= 0.3 is 0 Å². The van der Waals surface area contributed by atoms with Crippen LogP contribution in [0.4, 0.5) is 0 Å². The van der Waals surface area contributed by atoms with E-state index in [0.717, 1.165) is 17.5 Å². The van der Waals surface area contributed by atoms with Gasteiger partial charge in [0.15, 0.2) is 5.78 Å². The number of benzene rings is 2. The molecule has 1 unspecified atom stereocenters. The molecule has 2 aliphatic rings. The average molecular weight is 455 g/mol. The maximum absolute atomic E-state index is 13.5. The molecule has 6 nitrogen and oxygen atoms in total. The van der Waals surface area contributed by atoms with E-state index < -0.39 is 5.92 Å². The zero-order valence-corrected chi connectivity index (χ0v) is 20.1. The fourth-order valence-electron chi connectivity index (χ4n) is 4.79. The highest BCUT2D eigenvalue weighted by Crippen LogP contribution is 2.48. The summed E-state index contributed by atoms with van der Waals surface area (Å²) in [5, 5.41) is 11.6. The topological polar surface area (TPSA) is 99.2 Å². The number of hydrogen-bond donors (Lipinski definition) is 2. The van der Waals surface area contributed by atoms with Crippen molar-refractivity contribution in [3.63, 3.8) is 0 Å². The van der Waals surface area contributed by atoms with Gasteiger partial charge in [-0.3, -0.25) is 15.0 Å². The zero-order chi connectivity index (χ0) is 24.6. The van der Waals surface area contributed by atoms with Gasteiger partial charge in [-0.2, -0.15) is 5.26 Å². The molecule has 1 amide bonds. The number of allylic oxidation sites excluding steroid dienone is 3. The average Bonchev–Trinajstić information content (AvgIpc) is 2.80. The largest absolute Gasteiger partial charge is 0.383 e. The third-order valence-corrected chi connectivity index (χ3v) is 6.63. The van der Waals surface area contributed by atoms with Gasteiger partial charge in [0.05, 0.1) is 23.3 Å². The van der Waals surface area contributed by atoms with Crippen molar-refractivity contribution in [3.8, 4) is 6.07 Å². The van der Waals surface area contributed by atoms with Crippen LogP contribution in [0.15, 0.2) is 71.2 Å². The molecule has 1 aliphatic carbocycles. The lowest BCUT2D eigenvalue weighted by Crippen LogP contribution is -2.49. The predicted octanol–water partition coefficient (Wildman–Crippen LogP) is 4.64. The quantitative estimate of drug-likeness (QED) is 0.701. The van der Waals surface area contributed by atoms with Gasteiger partial charge in [-0.15, -0.1) is 0 Å². The van der Waals surface area contributed by atoms with Gasteiger partial charge in [0.25, 0.3) is 5.91 Å². The molecule has 1 aliphatic heterocycles. The number of nitriles is 1. The lowest BCUT2D eigenvalue weighted by molar-refractivity contribution is -0.118. The molecule has 0 bridgehead atoms. The normalized spacial score (nSPS) is 19.6. The summed E-state index contributed by atoms with van der Waals surface area (Å²) in [6.45, 7) is 8.08. The smallest absolute Gasteiger partial charge is 0.270 e. The standard InChI is InChI=1S/C28H30N4O2/c1-5-18-8-12-19(13-9-18)24-21(16-29)26(30)32(22-14-28(3,4)15-23(33)25(22)24)31-27(34)20-10-6-17(2)7-11-20/h6-13,24H,5,14-15,30H2,1-4H3,(H,31,34). The monoisotopic (exact) mass is 454 g/mol. The van der Waals surface area contributed by atoms with Crippen molar-refractivity contribution >= 4 is 11.7 Å². The molecule has 3 N–H and O–H groups in total. The van der Waals surface area contributed by atoms with Crippen molar-refractivity contribution in [1.29, 1.82) is 5.26 Å². The molecule has 6 heteroatoms. The highest BCUT2D eigenvalue weighted by atomic mass is 16.2. The van der Waals surface area contributed by atoms with Crippen LogP contribution < -0.4 is 11.2 Å². The molecule has 2 aromatic rings. The lowest BCUT2D eigenvalue weighted by atomic mass is 9.69. The van der Waals surface area contributed by atoms with Gasteiger partial charge < -0.3 is 5.73 Å². The molecule has 0 saturated carbocycles. The maximum Gasteiger partial charge on any atom is 0.270 e. The van der Waals surface area contributed by atoms with Gasteiger partial charge in [0.1, 0.15) is 5.82 Å². The van der Waals surface area contributed by atoms with Crippen molar-refractivity contribution in [2.24, 2.45) is 11.1 Å². The number of Topliss-reactive ketones (excluding diaryl/α,β-unsaturated/α-hetero) is 1. The maximum atomic E-state index is 13.5. The fraction of sp³-hybridized carbons (Fsp3) is 0.321. The molecule has 1 heterocycles. The van der Waals surface area contributed by atoms with Gasteiger partial charge in [0, 0.05) is 17.6 Å². The summed E-state index contributed by atoms with van der Waals surface area (Å²) >= 11 is 0. The van der Waals surface area contributed by atoms with E-state index in [0.29, 0.717) is 29.7 Å². The number of nitrogens with two attached hydrogens (primary N) is 1. The number of amides is 1. The second-order valence-corrected chi connectivity index (χ2v) is 9.88. The van der Waals surface area contributed by atoms with Gasteiger partial charge in [-0.05, 0) is 48.4 Å². The molecular formula is C28H30N4O2. The Morgan fingerprint density at radius 3 is 2.38 bits per heavy atom. The summed E-state index contributed by atoms with van der Waals surface area (Å²) < 4.78 is 0. The van der Waals surface area contributed by atoms with Crippen LogP contribution in [0, 0.1) is 23.7 Å². The number of ketones is 1. The van der Waals surface area contributed by atoms with E-state index in [1.807, 2.05) is 57.2 Å². The Balaban J connectivity index is 1.83. The van der Waals surface area contributed by atoms with Crippen LogP contribution in [0.3, 0.4) is 0 Å². The minimum Gasteiger partial charge on any atom is -0.383 e. The first-order valence-electron chi connectivity index (χ1n) is 11.6. The Bertz CT molecular complexity index is 1240. The summed E-state index contributed by atoms with van der Waals surface area (Å²) in [6.07, 6.45) is 1.81.